The third-order valence-electron chi connectivity index (χ3n) is 3.16. The van der Waals surface area contributed by atoms with Crippen LogP contribution in [0.25, 0.3) is 0 Å². The lowest BCUT2D eigenvalue weighted by atomic mass is 10.1. The minimum atomic E-state index is -4.40. The maximum absolute atomic E-state index is 12.9. The normalized spacial score (nSPS) is 17.7. The van der Waals surface area contributed by atoms with Crippen LogP contribution < -0.4 is 5.73 Å². The van der Waals surface area contributed by atoms with Crippen LogP contribution in [-0.2, 0) is 6.54 Å². The zero-order chi connectivity index (χ0) is 14.0. The number of hydrogen-bond acceptors (Lipinski definition) is 3. The Labute approximate surface area is 114 Å². The number of furan rings is 1. The molecule has 3 nitrogen and oxygen atoms in total. The van der Waals surface area contributed by atoms with Gasteiger partial charge in [-0.2, -0.15) is 13.2 Å². The molecule has 1 aromatic rings. The Balaban J connectivity index is 2.05. The molecule has 1 aromatic heterocycles. The first-order valence-electron chi connectivity index (χ1n) is 6.00. The molecule has 0 aliphatic heterocycles. The largest absolute Gasteiger partial charge is 0.468 e. The first-order chi connectivity index (χ1) is 8.88. The highest BCUT2D eigenvalue weighted by Gasteiger charge is 2.44. The van der Waals surface area contributed by atoms with Gasteiger partial charge in [-0.1, -0.05) is 12.2 Å². The lowest BCUT2D eigenvalue weighted by Crippen LogP contribution is -2.44. The molecule has 2 N–H and O–H groups in total. The fraction of sp³-hybridized carbons (Fsp3) is 0.583. The van der Waals surface area contributed by atoms with E-state index < -0.39 is 17.1 Å². The lowest BCUT2D eigenvalue weighted by molar-refractivity contribution is -0.160. The number of alkyl halides is 3. The van der Waals surface area contributed by atoms with E-state index in [1.54, 1.807) is 17.0 Å². The molecule has 0 bridgehead atoms. The van der Waals surface area contributed by atoms with Crippen molar-refractivity contribution in [3.63, 3.8) is 0 Å². The van der Waals surface area contributed by atoms with Crippen molar-refractivity contribution in [2.45, 2.75) is 31.6 Å². The molecule has 1 aliphatic carbocycles. The molecule has 1 saturated carbocycles. The summed E-state index contributed by atoms with van der Waals surface area (Å²) in [5.41, 5.74) is 5.23. The van der Waals surface area contributed by atoms with E-state index >= 15 is 0 Å². The molecule has 1 aliphatic rings. The first kappa shape index (κ1) is 14.3. The van der Waals surface area contributed by atoms with Crippen molar-refractivity contribution in [3.05, 3.63) is 24.2 Å². The van der Waals surface area contributed by atoms with Crippen LogP contribution in [0.5, 0.6) is 0 Å². The highest BCUT2D eigenvalue weighted by Crippen LogP contribution is 2.33. The SMILES string of the molecule is NC(=S)C(CN(Cc1ccco1)C1CC1)C(F)(F)F. The standard InChI is InChI=1S/C12H15F3N2OS/c13-12(14,15)10(11(16)19)7-17(8-3-4-8)6-9-2-1-5-18-9/h1-2,5,8,10H,3-4,6-7H2,(H2,16,19). The van der Waals surface area contributed by atoms with Gasteiger partial charge in [0.15, 0.2) is 0 Å². The van der Waals surface area contributed by atoms with Crippen LogP contribution in [0.2, 0.25) is 0 Å². The minimum absolute atomic E-state index is 0.171. The second-order valence-electron chi connectivity index (χ2n) is 4.74. The number of halogens is 3. The third kappa shape index (κ3) is 3.94. The van der Waals surface area contributed by atoms with E-state index in [0.29, 0.717) is 12.3 Å². The Morgan fingerprint density at radius 2 is 2.21 bits per heavy atom. The predicted octanol–water partition coefficient (Wildman–Crippen LogP) is 2.71. The number of thiocarbonyl (C=S) groups is 1. The van der Waals surface area contributed by atoms with Crippen molar-refractivity contribution >= 4 is 17.2 Å². The molecule has 0 amide bonds. The molecule has 19 heavy (non-hydrogen) atoms. The summed E-state index contributed by atoms with van der Waals surface area (Å²) in [5.74, 6) is -1.12. The Kier molecular flexibility index (Phi) is 4.15. The van der Waals surface area contributed by atoms with Gasteiger partial charge < -0.3 is 10.2 Å². The predicted molar refractivity (Wildman–Crippen MR) is 68.5 cm³/mol. The van der Waals surface area contributed by atoms with Crippen molar-refractivity contribution < 1.29 is 17.6 Å². The van der Waals surface area contributed by atoms with Crippen molar-refractivity contribution in [1.82, 2.24) is 4.90 Å². The van der Waals surface area contributed by atoms with E-state index in [-0.39, 0.29) is 12.6 Å². The van der Waals surface area contributed by atoms with Gasteiger partial charge in [0.25, 0.3) is 0 Å². The fourth-order valence-corrected chi connectivity index (χ4v) is 2.18. The van der Waals surface area contributed by atoms with Crippen LogP contribution in [0.15, 0.2) is 22.8 Å². The van der Waals surface area contributed by atoms with E-state index in [0.717, 1.165) is 12.8 Å². The molecule has 1 unspecified atom stereocenters. The van der Waals surface area contributed by atoms with Gasteiger partial charge in [-0.05, 0) is 25.0 Å². The van der Waals surface area contributed by atoms with Gasteiger partial charge in [0.05, 0.1) is 17.8 Å². The zero-order valence-corrected chi connectivity index (χ0v) is 11.0. The molecule has 0 aromatic carbocycles. The smallest absolute Gasteiger partial charge is 0.399 e. The molecule has 1 heterocycles. The Bertz CT molecular complexity index is 429. The number of rotatable bonds is 6. The van der Waals surface area contributed by atoms with Crippen LogP contribution >= 0.6 is 12.2 Å². The minimum Gasteiger partial charge on any atom is -0.468 e. The maximum atomic E-state index is 12.9. The summed E-state index contributed by atoms with van der Waals surface area (Å²) >= 11 is 4.55. The third-order valence-corrected chi connectivity index (χ3v) is 3.44. The molecule has 106 valence electrons. The topological polar surface area (TPSA) is 42.4 Å². The van der Waals surface area contributed by atoms with Crippen molar-refractivity contribution in [2.75, 3.05) is 6.54 Å². The summed E-state index contributed by atoms with van der Waals surface area (Å²) < 4.78 is 43.8. The Morgan fingerprint density at radius 1 is 1.53 bits per heavy atom. The number of nitrogens with zero attached hydrogens (tertiary/aromatic N) is 1. The number of hydrogen-bond donors (Lipinski definition) is 1. The van der Waals surface area contributed by atoms with E-state index in [9.17, 15) is 13.2 Å². The second kappa shape index (κ2) is 5.50. The van der Waals surface area contributed by atoms with E-state index in [1.807, 2.05) is 0 Å². The summed E-state index contributed by atoms with van der Waals surface area (Å²) in [6.07, 6.45) is -1.08. The first-order valence-corrected chi connectivity index (χ1v) is 6.41. The average Bonchev–Trinajstić information content (AvgIpc) is 3.00. The average molecular weight is 292 g/mol. The molecular weight excluding hydrogens is 277 g/mol. The van der Waals surface area contributed by atoms with Crippen molar-refractivity contribution in [2.24, 2.45) is 11.7 Å². The summed E-state index contributed by atoms with van der Waals surface area (Å²) in [5, 5.41) is 0. The zero-order valence-electron chi connectivity index (χ0n) is 10.2. The van der Waals surface area contributed by atoms with Gasteiger partial charge >= 0.3 is 6.18 Å². The molecule has 2 rings (SSSR count). The summed E-state index contributed by atoms with van der Waals surface area (Å²) in [4.78, 5) is 1.24. The van der Waals surface area contributed by atoms with Crippen molar-refractivity contribution in [3.8, 4) is 0 Å². The number of nitrogens with two attached hydrogens (primary N) is 1. The molecule has 0 spiro atoms. The molecule has 1 atom stereocenters. The second-order valence-corrected chi connectivity index (χ2v) is 5.21. The maximum Gasteiger partial charge on any atom is 0.399 e. The fourth-order valence-electron chi connectivity index (χ4n) is 1.97. The van der Waals surface area contributed by atoms with Crippen LogP contribution in [0.4, 0.5) is 13.2 Å². The van der Waals surface area contributed by atoms with Crippen LogP contribution in [0.1, 0.15) is 18.6 Å². The van der Waals surface area contributed by atoms with Crippen LogP contribution in [-0.4, -0.2) is 28.7 Å². The monoisotopic (exact) mass is 292 g/mol. The molecule has 0 radical (unpaired) electrons. The highest BCUT2D eigenvalue weighted by molar-refractivity contribution is 7.80. The quantitative estimate of drug-likeness (QED) is 0.819. The van der Waals surface area contributed by atoms with Gasteiger partial charge in [-0.15, -0.1) is 0 Å². The van der Waals surface area contributed by atoms with Gasteiger partial charge in [-0.3, -0.25) is 4.90 Å². The molecular formula is C12H15F3N2OS. The van der Waals surface area contributed by atoms with E-state index in [4.69, 9.17) is 10.2 Å². The molecule has 0 saturated heterocycles. The Morgan fingerprint density at radius 3 is 2.63 bits per heavy atom. The molecule has 1 fully saturated rings. The Hall–Kier alpha value is -1.08. The summed E-state index contributed by atoms with van der Waals surface area (Å²) in [6, 6.07) is 3.64. The summed E-state index contributed by atoms with van der Waals surface area (Å²) in [7, 11) is 0. The van der Waals surface area contributed by atoms with Gasteiger partial charge in [0.2, 0.25) is 0 Å². The molecule has 7 heteroatoms. The highest BCUT2D eigenvalue weighted by atomic mass is 32.1. The van der Waals surface area contributed by atoms with Gasteiger partial charge in [0.1, 0.15) is 11.7 Å². The van der Waals surface area contributed by atoms with Crippen LogP contribution in [0.3, 0.4) is 0 Å². The van der Waals surface area contributed by atoms with Gasteiger partial charge in [0, 0.05) is 12.6 Å². The summed E-state index contributed by atoms with van der Waals surface area (Å²) in [6.45, 7) is 0.150. The lowest BCUT2D eigenvalue weighted by Gasteiger charge is -2.27. The van der Waals surface area contributed by atoms with Crippen molar-refractivity contribution in [1.29, 1.82) is 0 Å². The van der Waals surface area contributed by atoms with E-state index in [1.165, 1.54) is 6.26 Å². The van der Waals surface area contributed by atoms with Gasteiger partial charge in [-0.25, -0.2) is 0 Å². The van der Waals surface area contributed by atoms with Crippen LogP contribution in [0, 0.1) is 5.92 Å². The van der Waals surface area contributed by atoms with E-state index in [2.05, 4.69) is 12.2 Å².